The standard InChI is InChI=1S/C30H35N5O/c31-29(36)30(23-9-3-1-4-10-23,24-11-5-2-6-12-24)35-26-14-8-7-13-25(26)34-28(35)22-17-15-21(16-18-22)27-32-19-20-33-27/h7-8,13-20,23-24H,1-6,9-12H2,(H2,31,36)(H,32,33). The number of imidazole rings is 2. The van der Waals surface area contributed by atoms with Gasteiger partial charge >= 0.3 is 0 Å². The normalized spacial score (nSPS) is 18.0. The monoisotopic (exact) mass is 481 g/mol. The van der Waals surface area contributed by atoms with Crippen LogP contribution >= 0.6 is 0 Å². The van der Waals surface area contributed by atoms with Gasteiger partial charge in [-0.25, -0.2) is 9.97 Å². The summed E-state index contributed by atoms with van der Waals surface area (Å²) in [7, 11) is 0. The van der Waals surface area contributed by atoms with Crippen LogP contribution < -0.4 is 5.73 Å². The van der Waals surface area contributed by atoms with E-state index in [1.807, 2.05) is 12.3 Å². The van der Waals surface area contributed by atoms with Crippen molar-refractivity contribution in [2.75, 3.05) is 0 Å². The Balaban J connectivity index is 1.59. The largest absolute Gasteiger partial charge is 0.368 e. The molecule has 0 unspecified atom stereocenters. The van der Waals surface area contributed by atoms with Crippen LogP contribution in [0.4, 0.5) is 0 Å². The van der Waals surface area contributed by atoms with Crippen LogP contribution in [-0.2, 0) is 10.3 Å². The van der Waals surface area contributed by atoms with E-state index in [0.29, 0.717) is 0 Å². The minimum absolute atomic E-state index is 0.182. The second-order valence-corrected chi connectivity index (χ2v) is 10.6. The maximum Gasteiger partial charge on any atom is 0.244 e. The molecular formula is C30H35N5O. The fraction of sp³-hybridized carbons (Fsp3) is 0.433. The summed E-state index contributed by atoms with van der Waals surface area (Å²) in [6.45, 7) is 0. The molecule has 2 aliphatic carbocycles. The zero-order valence-electron chi connectivity index (χ0n) is 20.8. The number of aromatic amines is 1. The molecule has 2 fully saturated rings. The number of rotatable bonds is 6. The third-order valence-corrected chi connectivity index (χ3v) is 8.70. The number of carbonyl (C=O) groups is 1. The van der Waals surface area contributed by atoms with Crippen molar-refractivity contribution in [2.24, 2.45) is 17.6 Å². The molecule has 186 valence electrons. The average molecular weight is 482 g/mol. The minimum atomic E-state index is -0.772. The SMILES string of the molecule is NC(=O)C(C1CCCCC1)(C1CCCCC1)n1c(-c2ccc(-c3ncc[nH]3)cc2)nc2ccccc21. The summed E-state index contributed by atoms with van der Waals surface area (Å²) in [5.74, 6) is 1.96. The van der Waals surface area contributed by atoms with Crippen molar-refractivity contribution in [3.63, 3.8) is 0 Å². The molecule has 2 aromatic carbocycles. The molecule has 3 N–H and O–H groups in total. The summed E-state index contributed by atoms with van der Waals surface area (Å²) < 4.78 is 2.29. The number of nitrogens with two attached hydrogens (primary N) is 1. The van der Waals surface area contributed by atoms with Crippen LogP contribution in [0.2, 0.25) is 0 Å². The van der Waals surface area contributed by atoms with Gasteiger partial charge in [0.15, 0.2) is 0 Å². The third kappa shape index (κ3) is 3.74. The van der Waals surface area contributed by atoms with Crippen molar-refractivity contribution < 1.29 is 4.79 Å². The van der Waals surface area contributed by atoms with Gasteiger partial charge < -0.3 is 15.3 Å². The predicted molar refractivity (Wildman–Crippen MR) is 143 cm³/mol. The van der Waals surface area contributed by atoms with Crippen molar-refractivity contribution in [2.45, 2.75) is 69.7 Å². The Morgan fingerprint density at radius 2 is 1.47 bits per heavy atom. The van der Waals surface area contributed by atoms with E-state index < -0.39 is 5.54 Å². The molecule has 2 heterocycles. The molecule has 0 spiro atoms. The summed E-state index contributed by atoms with van der Waals surface area (Å²) in [5, 5.41) is 0. The number of primary amides is 1. The number of nitrogens with one attached hydrogen (secondary N) is 1. The Kier molecular flexibility index (Phi) is 6.12. The van der Waals surface area contributed by atoms with Gasteiger partial charge in [0.25, 0.3) is 0 Å². The maximum absolute atomic E-state index is 13.9. The fourth-order valence-electron chi connectivity index (χ4n) is 7.09. The number of aromatic nitrogens is 4. The van der Waals surface area contributed by atoms with Crippen molar-refractivity contribution in [3.05, 3.63) is 60.9 Å². The Bertz CT molecular complexity index is 1310. The van der Waals surface area contributed by atoms with Crippen molar-refractivity contribution in [3.8, 4) is 22.8 Å². The maximum atomic E-state index is 13.9. The lowest BCUT2D eigenvalue weighted by Crippen LogP contribution is -2.58. The van der Waals surface area contributed by atoms with Gasteiger partial charge in [0, 0.05) is 23.5 Å². The van der Waals surface area contributed by atoms with E-state index in [1.165, 1.54) is 12.8 Å². The van der Waals surface area contributed by atoms with E-state index in [1.54, 1.807) is 6.20 Å². The van der Waals surface area contributed by atoms with Gasteiger partial charge in [0.05, 0.1) is 11.0 Å². The zero-order chi connectivity index (χ0) is 24.5. The lowest BCUT2D eigenvalue weighted by Gasteiger charge is -2.48. The number of fused-ring (bicyclic) bond motifs is 1. The van der Waals surface area contributed by atoms with Crippen LogP contribution in [0, 0.1) is 11.8 Å². The second kappa shape index (κ2) is 9.57. The molecule has 4 aromatic rings. The topological polar surface area (TPSA) is 89.6 Å². The van der Waals surface area contributed by atoms with E-state index in [9.17, 15) is 4.79 Å². The lowest BCUT2D eigenvalue weighted by atomic mass is 9.63. The molecule has 6 heteroatoms. The number of nitrogens with zero attached hydrogens (tertiary/aromatic N) is 3. The lowest BCUT2D eigenvalue weighted by molar-refractivity contribution is -0.135. The molecule has 0 saturated heterocycles. The average Bonchev–Trinajstić information content (AvgIpc) is 3.60. The van der Waals surface area contributed by atoms with Crippen molar-refractivity contribution in [1.82, 2.24) is 19.5 Å². The Morgan fingerprint density at radius 1 is 0.861 bits per heavy atom. The van der Waals surface area contributed by atoms with E-state index in [0.717, 1.165) is 85.2 Å². The smallest absolute Gasteiger partial charge is 0.244 e. The molecule has 6 rings (SSSR count). The van der Waals surface area contributed by atoms with Crippen molar-refractivity contribution in [1.29, 1.82) is 0 Å². The summed E-state index contributed by atoms with van der Waals surface area (Å²) in [6, 6.07) is 16.6. The van der Waals surface area contributed by atoms with Gasteiger partial charge in [-0.1, -0.05) is 74.9 Å². The van der Waals surface area contributed by atoms with Crippen molar-refractivity contribution >= 4 is 16.9 Å². The molecule has 0 radical (unpaired) electrons. The van der Waals surface area contributed by atoms with Gasteiger partial charge in [-0.15, -0.1) is 0 Å². The summed E-state index contributed by atoms with van der Waals surface area (Å²) >= 11 is 0. The summed E-state index contributed by atoms with van der Waals surface area (Å²) in [6.07, 6.45) is 14.9. The number of para-hydroxylation sites is 2. The molecule has 0 atom stereocenters. The van der Waals surface area contributed by atoms with E-state index in [2.05, 4.69) is 57.0 Å². The first-order valence-electron chi connectivity index (χ1n) is 13.6. The number of carbonyl (C=O) groups excluding carboxylic acids is 1. The van der Waals surface area contributed by atoms with Gasteiger partial charge in [-0.3, -0.25) is 4.79 Å². The Morgan fingerprint density at radius 3 is 2.06 bits per heavy atom. The van der Waals surface area contributed by atoms with Gasteiger partial charge in [-0.2, -0.15) is 0 Å². The third-order valence-electron chi connectivity index (χ3n) is 8.70. The van der Waals surface area contributed by atoms with Crippen LogP contribution in [0.3, 0.4) is 0 Å². The number of hydrogen-bond donors (Lipinski definition) is 2. The quantitative estimate of drug-likeness (QED) is 0.332. The van der Waals surface area contributed by atoms with E-state index >= 15 is 0 Å². The first kappa shape index (κ1) is 23.0. The Labute approximate surface area is 212 Å². The van der Waals surface area contributed by atoms with E-state index in [4.69, 9.17) is 10.7 Å². The molecule has 6 nitrogen and oxygen atoms in total. The van der Waals surface area contributed by atoms with Crippen LogP contribution in [0.5, 0.6) is 0 Å². The molecule has 2 aromatic heterocycles. The van der Waals surface area contributed by atoms with Crippen LogP contribution in [-0.4, -0.2) is 25.4 Å². The fourth-order valence-corrected chi connectivity index (χ4v) is 7.09. The molecule has 0 aliphatic heterocycles. The first-order valence-corrected chi connectivity index (χ1v) is 13.6. The summed E-state index contributed by atoms with van der Waals surface area (Å²) in [5.41, 5.74) is 9.73. The van der Waals surface area contributed by atoms with Gasteiger partial charge in [-0.05, 0) is 49.7 Å². The molecule has 2 aliphatic rings. The predicted octanol–water partition coefficient (Wildman–Crippen LogP) is 6.43. The number of amides is 1. The Hall–Kier alpha value is -3.41. The summed E-state index contributed by atoms with van der Waals surface area (Å²) in [4.78, 5) is 26.6. The highest BCUT2D eigenvalue weighted by Crippen LogP contribution is 2.50. The van der Waals surface area contributed by atoms with Gasteiger partial charge in [0.2, 0.25) is 5.91 Å². The molecular weight excluding hydrogens is 446 g/mol. The second-order valence-electron chi connectivity index (χ2n) is 10.6. The van der Waals surface area contributed by atoms with Crippen LogP contribution in [0.15, 0.2) is 60.9 Å². The van der Waals surface area contributed by atoms with Crippen LogP contribution in [0.25, 0.3) is 33.8 Å². The number of benzene rings is 2. The molecule has 36 heavy (non-hydrogen) atoms. The van der Waals surface area contributed by atoms with Crippen LogP contribution in [0.1, 0.15) is 64.2 Å². The molecule has 0 bridgehead atoms. The minimum Gasteiger partial charge on any atom is -0.368 e. The zero-order valence-corrected chi connectivity index (χ0v) is 20.8. The number of H-pyrrole nitrogens is 1. The van der Waals surface area contributed by atoms with Gasteiger partial charge in [0.1, 0.15) is 17.2 Å². The number of hydrogen-bond acceptors (Lipinski definition) is 3. The highest BCUT2D eigenvalue weighted by molar-refractivity contribution is 5.90. The molecule has 2 saturated carbocycles. The first-order chi connectivity index (χ1) is 17.7. The van der Waals surface area contributed by atoms with E-state index in [-0.39, 0.29) is 17.7 Å². The highest BCUT2D eigenvalue weighted by Gasteiger charge is 2.53. The molecule has 1 amide bonds. The highest BCUT2D eigenvalue weighted by atomic mass is 16.1.